The second-order valence-corrected chi connectivity index (χ2v) is 10.7. The van der Waals surface area contributed by atoms with Crippen LogP contribution in [0.4, 0.5) is 0 Å². The predicted octanol–water partition coefficient (Wildman–Crippen LogP) is 3.17. The highest BCUT2D eigenvalue weighted by atomic mass is 16.5. The molecule has 43 heavy (non-hydrogen) atoms. The van der Waals surface area contributed by atoms with Gasteiger partial charge >= 0.3 is 5.97 Å². The first-order chi connectivity index (χ1) is 20.5. The Morgan fingerprint density at radius 1 is 1.07 bits per heavy atom. The lowest BCUT2D eigenvalue weighted by atomic mass is 9.93. The number of aromatic carboxylic acids is 1. The maximum absolute atomic E-state index is 14.1. The molecule has 0 saturated heterocycles. The predicted molar refractivity (Wildman–Crippen MR) is 165 cm³/mol. The summed E-state index contributed by atoms with van der Waals surface area (Å²) >= 11 is 0. The minimum Gasteiger partial charge on any atom is -0.496 e. The summed E-state index contributed by atoms with van der Waals surface area (Å²) in [5, 5.41) is 19.2. The van der Waals surface area contributed by atoms with Gasteiger partial charge in [-0.15, -0.1) is 0 Å². The van der Waals surface area contributed by atoms with Crippen LogP contribution in [0.2, 0.25) is 0 Å². The van der Waals surface area contributed by atoms with Crippen LogP contribution in [0.3, 0.4) is 0 Å². The van der Waals surface area contributed by atoms with Crippen LogP contribution in [0.1, 0.15) is 55.5 Å². The van der Waals surface area contributed by atoms with Gasteiger partial charge in [-0.3, -0.25) is 9.59 Å². The fourth-order valence-corrected chi connectivity index (χ4v) is 5.40. The van der Waals surface area contributed by atoms with Crippen molar-refractivity contribution < 1.29 is 24.2 Å². The molecule has 10 nitrogen and oxygen atoms in total. The molecule has 3 atom stereocenters. The average Bonchev–Trinajstić information content (AvgIpc) is 3.51. The highest BCUT2D eigenvalue weighted by Gasteiger charge is 2.33. The normalized spacial score (nSPS) is 15.4. The standard InChI is InChI=1S/C33H39N5O5/c1-19-13-24(31(39)35-4)14-20(2)25(19)16-27(34)32(40)38(18-22-11-12-29(43-5)26(15-22)33(41)42)21(3)30-36-17-28(37-30)23-9-7-6-8-10-23/h6-15,17,21,27,30,36-37H,16,18,34H2,1-5H3,(H,35,39)(H,41,42). The van der Waals surface area contributed by atoms with Crippen molar-refractivity contribution in [3.63, 3.8) is 0 Å². The van der Waals surface area contributed by atoms with Gasteiger partial charge in [0.2, 0.25) is 5.91 Å². The molecule has 0 aromatic heterocycles. The number of amides is 2. The average molecular weight is 586 g/mol. The number of carbonyl (C=O) groups is 3. The second-order valence-electron chi connectivity index (χ2n) is 10.7. The van der Waals surface area contributed by atoms with Gasteiger partial charge in [0.1, 0.15) is 17.5 Å². The molecule has 1 aliphatic heterocycles. The van der Waals surface area contributed by atoms with Crippen LogP contribution in [0.5, 0.6) is 5.75 Å². The molecule has 3 aromatic rings. The number of ether oxygens (including phenoxy) is 1. The minimum absolute atomic E-state index is 0.0111. The summed E-state index contributed by atoms with van der Waals surface area (Å²) in [6.45, 7) is 5.86. The van der Waals surface area contributed by atoms with Crippen LogP contribution in [-0.4, -0.2) is 60.2 Å². The van der Waals surface area contributed by atoms with Crippen molar-refractivity contribution in [3.05, 3.63) is 106 Å². The summed E-state index contributed by atoms with van der Waals surface area (Å²) in [4.78, 5) is 39.9. The minimum atomic E-state index is -1.12. The fourth-order valence-electron chi connectivity index (χ4n) is 5.40. The molecule has 2 amide bonds. The number of methoxy groups -OCH3 is 1. The van der Waals surface area contributed by atoms with Gasteiger partial charge in [-0.05, 0) is 79.3 Å². The Morgan fingerprint density at radius 3 is 2.35 bits per heavy atom. The molecule has 6 N–H and O–H groups in total. The van der Waals surface area contributed by atoms with E-state index in [-0.39, 0.29) is 48.3 Å². The number of benzene rings is 3. The summed E-state index contributed by atoms with van der Waals surface area (Å²) in [7, 11) is 3.00. The molecular formula is C33H39N5O5. The summed E-state index contributed by atoms with van der Waals surface area (Å²) < 4.78 is 5.22. The summed E-state index contributed by atoms with van der Waals surface area (Å²) in [6.07, 6.45) is 1.84. The lowest BCUT2D eigenvalue weighted by Crippen LogP contribution is -2.56. The van der Waals surface area contributed by atoms with E-state index in [0.717, 1.165) is 28.0 Å². The second kappa shape index (κ2) is 13.4. The number of nitrogens with two attached hydrogens (primary N) is 1. The first-order valence-corrected chi connectivity index (χ1v) is 14.1. The number of hydrogen-bond acceptors (Lipinski definition) is 7. The van der Waals surface area contributed by atoms with E-state index in [4.69, 9.17) is 10.5 Å². The van der Waals surface area contributed by atoms with E-state index in [2.05, 4.69) is 16.0 Å². The molecule has 0 radical (unpaired) electrons. The Hall–Kier alpha value is -4.83. The van der Waals surface area contributed by atoms with E-state index < -0.39 is 12.0 Å². The smallest absolute Gasteiger partial charge is 0.339 e. The van der Waals surface area contributed by atoms with E-state index in [1.807, 2.05) is 57.3 Å². The quantitative estimate of drug-likeness (QED) is 0.231. The molecule has 10 heteroatoms. The molecule has 3 aromatic carbocycles. The van der Waals surface area contributed by atoms with Crippen LogP contribution in [0, 0.1) is 13.8 Å². The Balaban J connectivity index is 1.62. The number of aryl methyl sites for hydroxylation is 2. The van der Waals surface area contributed by atoms with Gasteiger partial charge in [-0.25, -0.2) is 4.79 Å². The number of rotatable bonds is 11. The third-order valence-corrected chi connectivity index (χ3v) is 7.83. The number of carboxylic acid groups (broad SMARTS) is 1. The zero-order valence-corrected chi connectivity index (χ0v) is 25.1. The Morgan fingerprint density at radius 2 is 1.74 bits per heavy atom. The topological polar surface area (TPSA) is 146 Å². The summed E-state index contributed by atoms with van der Waals surface area (Å²) in [5.74, 6) is -1.35. The third kappa shape index (κ3) is 6.98. The Bertz CT molecular complexity index is 1510. The zero-order valence-electron chi connectivity index (χ0n) is 25.1. The molecule has 0 saturated carbocycles. The molecule has 0 spiro atoms. The third-order valence-electron chi connectivity index (χ3n) is 7.83. The molecule has 1 aliphatic rings. The molecule has 0 fully saturated rings. The maximum atomic E-state index is 14.1. The molecule has 226 valence electrons. The largest absolute Gasteiger partial charge is 0.496 e. The van der Waals surface area contributed by atoms with Crippen LogP contribution < -0.4 is 26.4 Å². The summed E-state index contributed by atoms with van der Waals surface area (Å²) in [5.41, 5.74) is 12.3. The van der Waals surface area contributed by atoms with Crippen LogP contribution in [0.15, 0.2) is 66.9 Å². The number of carbonyl (C=O) groups excluding carboxylic acids is 2. The van der Waals surface area contributed by atoms with Gasteiger partial charge in [0, 0.05) is 25.4 Å². The Labute approximate surface area is 251 Å². The SMILES string of the molecule is CNC(=O)c1cc(C)c(CC(N)C(=O)N(Cc2ccc(OC)c(C(=O)O)c2)C(C)C2NC=C(c3ccccc3)N2)c(C)c1. The van der Waals surface area contributed by atoms with Gasteiger partial charge in [0.05, 0.1) is 24.9 Å². The van der Waals surface area contributed by atoms with E-state index >= 15 is 0 Å². The molecule has 1 heterocycles. The van der Waals surface area contributed by atoms with Crippen molar-refractivity contribution in [2.45, 2.75) is 52.0 Å². The van der Waals surface area contributed by atoms with E-state index in [0.29, 0.717) is 11.1 Å². The van der Waals surface area contributed by atoms with E-state index in [1.54, 1.807) is 36.2 Å². The van der Waals surface area contributed by atoms with Gasteiger partial charge in [-0.1, -0.05) is 36.4 Å². The molecular weight excluding hydrogens is 546 g/mol. The molecule has 0 bridgehead atoms. The lowest BCUT2D eigenvalue weighted by Gasteiger charge is -2.35. The molecule has 3 unspecified atom stereocenters. The highest BCUT2D eigenvalue weighted by molar-refractivity contribution is 5.94. The van der Waals surface area contributed by atoms with Gasteiger partial charge < -0.3 is 36.4 Å². The molecule has 4 rings (SSSR count). The van der Waals surface area contributed by atoms with Crippen molar-refractivity contribution in [1.82, 2.24) is 20.9 Å². The number of carboxylic acids is 1. The fraction of sp³-hybridized carbons (Fsp3) is 0.303. The first-order valence-electron chi connectivity index (χ1n) is 14.1. The maximum Gasteiger partial charge on any atom is 0.339 e. The first kappa shape index (κ1) is 31.1. The lowest BCUT2D eigenvalue weighted by molar-refractivity contribution is -0.136. The van der Waals surface area contributed by atoms with E-state index in [1.165, 1.54) is 13.2 Å². The summed E-state index contributed by atoms with van der Waals surface area (Å²) in [6, 6.07) is 17.0. The van der Waals surface area contributed by atoms with Crippen molar-refractivity contribution in [3.8, 4) is 5.75 Å². The zero-order chi connectivity index (χ0) is 31.3. The van der Waals surface area contributed by atoms with Gasteiger partial charge in [0.25, 0.3) is 5.91 Å². The van der Waals surface area contributed by atoms with Crippen LogP contribution in [-0.2, 0) is 17.8 Å². The van der Waals surface area contributed by atoms with E-state index in [9.17, 15) is 19.5 Å². The monoisotopic (exact) mass is 585 g/mol. The van der Waals surface area contributed by atoms with Gasteiger partial charge in [0.15, 0.2) is 0 Å². The highest BCUT2D eigenvalue weighted by Crippen LogP contribution is 2.25. The van der Waals surface area contributed by atoms with Crippen LogP contribution >= 0.6 is 0 Å². The number of nitrogens with one attached hydrogen (secondary N) is 3. The van der Waals surface area contributed by atoms with Crippen LogP contribution in [0.25, 0.3) is 5.70 Å². The van der Waals surface area contributed by atoms with Crippen molar-refractivity contribution in [2.24, 2.45) is 5.73 Å². The van der Waals surface area contributed by atoms with Crippen molar-refractivity contribution in [2.75, 3.05) is 14.2 Å². The Kier molecular flexibility index (Phi) is 9.72. The van der Waals surface area contributed by atoms with Crippen molar-refractivity contribution in [1.29, 1.82) is 0 Å². The number of hydrogen-bond donors (Lipinski definition) is 5. The number of nitrogens with zero attached hydrogens (tertiary/aromatic N) is 1. The van der Waals surface area contributed by atoms with Gasteiger partial charge in [-0.2, -0.15) is 0 Å². The van der Waals surface area contributed by atoms with Crippen molar-refractivity contribution >= 4 is 23.5 Å². The molecule has 0 aliphatic carbocycles.